The van der Waals surface area contributed by atoms with Crippen molar-refractivity contribution in [2.24, 2.45) is 0 Å². The molecule has 0 radical (unpaired) electrons. The molecule has 0 bridgehead atoms. The quantitative estimate of drug-likeness (QED) is 0.864. The molecule has 1 aromatic carbocycles. The molecule has 2 aliphatic heterocycles. The smallest absolute Gasteiger partial charge is 0.161 e. The van der Waals surface area contributed by atoms with E-state index < -0.39 is 0 Å². The van der Waals surface area contributed by atoms with Crippen molar-refractivity contribution in [2.75, 3.05) is 33.0 Å². The number of hydrogen-bond acceptors (Lipinski definition) is 5. The minimum Gasteiger partial charge on any atom is -0.490 e. The molecule has 1 fully saturated rings. The van der Waals surface area contributed by atoms with Crippen molar-refractivity contribution in [3.05, 3.63) is 23.8 Å². The third kappa shape index (κ3) is 3.67. The Morgan fingerprint density at radius 2 is 2.00 bits per heavy atom. The zero-order chi connectivity index (χ0) is 14.5. The highest BCUT2D eigenvalue weighted by atomic mass is 16.5. The molecule has 2 N–H and O–H groups in total. The Kier molecular flexibility index (Phi) is 4.95. The number of ether oxygens (including phenoxy) is 3. The van der Waals surface area contributed by atoms with Crippen LogP contribution >= 0.6 is 0 Å². The lowest BCUT2D eigenvalue weighted by molar-refractivity contribution is 0.104. The summed E-state index contributed by atoms with van der Waals surface area (Å²) in [4.78, 5) is 0. The Morgan fingerprint density at radius 3 is 2.76 bits per heavy atom. The number of aliphatic hydroxyl groups excluding tert-OH is 1. The van der Waals surface area contributed by atoms with Gasteiger partial charge in [0, 0.05) is 19.6 Å². The highest BCUT2D eigenvalue weighted by Gasteiger charge is 2.19. The molecule has 5 heteroatoms. The maximum absolute atomic E-state index is 9.64. The van der Waals surface area contributed by atoms with Gasteiger partial charge in [0.2, 0.25) is 0 Å². The van der Waals surface area contributed by atoms with Crippen LogP contribution in [-0.4, -0.2) is 44.2 Å². The number of fused-ring (bicyclic) bond motifs is 1. The SMILES string of the molecule is OCC(NCC1CCCO1)c1ccc2c(c1)OCCCO2. The standard InChI is InChI=1S/C16H23NO4/c18-11-14(17-10-13-3-1-6-19-13)12-4-5-15-16(9-12)21-8-2-7-20-15/h4-5,9,13-14,17-18H,1-3,6-8,10-11H2. The second-order valence-electron chi connectivity index (χ2n) is 5.54. The van der Waals surface area contributed by atoms with Crippen molar-refractivity contribution in [3.8, 4) is 11.5 Å². The second kappa shape index (κ2) is 7.11. The van der Waals surface area contributed by atoms with Gasteiger partial charge in [0.1, 0.15) is 0 Å². The summed E-state index contributed by atoms with van der Waals surface area (Å²) < 4.78 is 16.9. The first-order valence-electron chi connectivity index (χ1n) is 7.72. The van der Waals surface area contributed by atoms with E-state index >= 15 is 0 Å². The Balaban J connectivity index is 1.66. The number of nitrogens with one attached hydrogen (secondary N) is 1. The fraction of sp³-hybridized carbons (Fsp3) is 0.625. The molecule has 2 aliphatic rings. The third-order valence-electron chi connectivity index (χ3n) is 3.97. The summed E-state index contributed by atoms with van der Waals surface area (Å²) in [7, 11) is 0. The van der Waals surface area contributed by atoms with Crippen LogP contribution in [0.1, 0.15) is 30.9 Å². The minimum atomic E-state index is -0.105. The van der Waals surface area contributed by atoms with Crippen molar-refractivity contribution in [1.82, 2.24) is 5.32 Å². The van der Waals surface area contributed by atoms with E-state index in [2.05, 4.69) is 5.32 Å². The minimum absolute atomic E-state index is 0.0480. The molecule has 5 nitrogen and oxygen atoms in total. The van der Waals surface area contributed by atoms with Crippen LogP contribution in [0.3, 0.4) is 0 Å². The molecular formula is C16H23NO4. The van der Waals surface area contributed by atoms with Gasteiger partial charge in [0.05, 0.1) is 32.0 Å². The molecule has 0 saturated carbocycles. The van der Waals surface area contributed by atoms with E-state index in [1.807, 2.05) is 18.2 Å². The lowest BCUT2D eigenvalue weighted by atomic mass is 10.1. The summed E-state index contributed by atoms with van der Waals surface area (Å²) in [6.07, 6.45) is 3.37. The van der Waals surface area contributed by atoms with Gasteiger partial charge in [-0.25, -0.2) is 0 Å². The monoisotopic (exact) mass is 293 g/mol. The van der Waals surface area contributed by atoms with Crippen LogP contribution in [0.5, 0.6) is 11.5 Å². The van der Waals surface area contributed by atoms with Gasteiger partial charge in [-0.05, 0) is 30.5 Å². The molecule has 0 aromatic heterocycles. The van der Waals surface area contributed by atoms with Crippen molar-refractivity contribution in [3.63, 3.8) is 0 Å². The van der Waals surface area contributed by atoms with Gasteiger partial charge >= 0.3 is 0 Å². The largest absolute Gasteiger partial charge is 0.490 e. The van der Waals surface area contributed by atoms with Crippen LogP contribution in [-0.2, 0) is 4.74 Å². The Labute approximate surface area is 125 Å². The summed E-state index contributed by atoms with van der Waals surface area (Å²) in [6, 6.07) is 5.76. The van der Waals surface area contributed by atoms with Gasteiger partial charge in [-0.1, -0.05) is 6.07 Å². The lowest BCUT2D eigenvalue weighted by Gasteiger charge is -2.20. The Bertz CT molecular complexity index is 460. The van der Waals surface area contributed by atoms with Crippen molar-refractivity contribution >= 4 is 0 Å². The van der Waals surface area contributed by atoms with Crippen LogP contribution in [0, 0.1) is 0 Å². The van der Waals surface area contributed by atoms with E-state index in [4.69, 9.17) is 14.2 Å². The highest BCUT2D eigenvalue weighted by molar-refractivity contribution is 5.44. The third-order valence-corrected chi connectivity index (χ3v) is 3.97. The van der Waals surface area contributed by atoms with Crippen LogP contribution in [0.2, 0.25) is 0 Å². The second-order valence-corrected chi connectivity index (χ2v) is 5.54. The van der Waals surface area contributed by atoms with Gasteiger partial charge in [-0.15, -0.1) is 0 Å². The molecule has 0 aliphatic carbocycles. The van der Waals surface area contributed by atoms with E-state index in [-0.39, 0.29) is 18.8 Å². The zero-order valence-electron chi connectivity index (χ0n) is 12.2. The molecule has 21 heavy (non-hydrogen) atoms. The molecule has 0 amide bonds. The van der Waals surface area contributed by atoms with E-state index in [0.29, 0.717) is 13.2 Å². The summed E-state index contributed by atoms with van der Waals surface area (Å²) in [5.74, 6) is 1.55. The van der Waals surface area contributed by atoms with Crippen molar-refractivity contribution in [1.29, 1.82) is 0 Å². The van der Waals surface area contributed by atoms with Crippen molar-refractivity contribution in [2.45, 2.75) is 31.4 Å². The van der Waals surface area contributed by atoms with E-state index in [0.717, 1.165) is 49.5 Å². The van der Waals surface area contributed by atoms with Crippen LogP contribution in [0.4, 0.5) is 0 Å². The number of aliphatic hydroxyl groups is 1. The number of rotatable bonds is 5. The van der Waals surface area contributed by atoms with Crippen molar-refractivity contribution < 1.29 is 19.3 Å². The molecule has 1 saturated heterocycles. The average Bonchev–Trinajstić information content (AvgIpc) is 2.92. The van der Waals surface area contributed by atoms with Crippen LogP contribution in [0.25, 0.3) is 0 Å². The summed E-state index contributed by atoms with van der Waals surface area (Å²) in [5, 5.41) is 13.0. The Hall–Kier alpha value is -1.30. The molecule has 2 unspecified atom stereocenters. The Morgan fingerprint density at radius 1 is 1.14 bits per heavy atom. The molecule has 2 atom stereocenters. The molecule has 3 rings (SSSR count). The van der Waals surface area contributed by atoms with E-state index in [1.54, 1.807) is 0 Å². The number of hydrogen-bond donors (Lipinski definition) is 2. The van der Waals surface area contributed by atoms with Gasteiger partial charge in [-0.2, -0.15) is 0 Å². The maximum Gasteiger partial charge on any atom is 0.161 e. The van der Waals surface area contributed by atoms with Gasteiger partial charge in [0.15, 0.2) is 11.5 Å². The summed E-state index contributed by atoms with van der Waals surface area (Å²) in [6.45, 7) is 3.02. The highest BCUT2D eigenvalue weighted by Crippen LogP contribution is 2.32. The first kappa shape index (κ1) is 14.6. The fourth-order valence-corrected chi connectivity index (χ4v) is 2.76. The van der Waals surface area contributed by atoms with Crippen LogP contribution in [0.15, 0.2) is 18.2 Å². The predicted molar refractivity (Wildman–Crippen MR) is 78.9 cm³/mol. The van der Waals surface area contributed by atoms with Gasteiger partial charge < -0.3 is 24.6 Å². The van der Waals surface area contributed by atoms with E-state index in [9.17, 15) is 5.11 Å². The van der Waals surface area contributed by atoms with Gasteiger partial charge in [-0.3, -0.25) is 0 Å². The van der Waals surface area contributed by atoms with Crippen LogP contribution < -0.4 is 14.8 Å². The predicted octanol–water partition coefficient (Wildman–Crippen LogP) is 1.65. The van der Waals surface area contributed by atoms with E-state index in [1.165, 1.54) is 0 Å². The summed E-state index contributed by atoms with van der Waals surface area (Å²) >= 11 is 0. The average molecular weight is 293 g/mol. The topological polar surface area (TPSA) is 60.0 Å². The lowest BCUT2D eigenvalue weighted by Crippen LogP contribution is -2.31. The molecular weight excluding hydrogens is 270 g/mol. The molecule has 116 valence electrons. The number of benzene rings is 1. The first-order valence-corrected chi connectivity index (χ1v) is 7.72. The zero-order valence-corrected chi connectivity index (χ0v) is 12.2. The normalized spacial score (nSPS) is 22.8. The van der Waals surface area contributed by atoms with Gasteiger partial charge in [0.25, 0.3) is 0 Å². The molecule has 1 aromatic rings. The summed E-state index contributed by atoms with van der Waals surface area (Å²) in [5.41, 5.74) is 1.01. The maximum atomic E-state index is 9.64. The fourth-order valence-electron chi connectivity index (χ4n) is 2.76. The molecule has 0 spiro atoms. The first-order chi connectivity index (χ1) is 10.4. The molecule has 2 heterocycles.